The molecule has 2 rings (SSSR count). The minimum atomic E-state index is -0.848. The van der Waals surface area contributed by atoms with Crippen LogP contribution < -0.4 is 5.32 Å². The van der Waals surface area contributed by atoms with Gasteiger partial charge >= 0.3 is 0 Å². The van der Waals surface area contributed by atoms with Crippen molar-refractivity contribution in [1.82, 2.24) is 19.8 Å². The van der Waals surface area contributed by atoms with Crippen LogP contribution in [-0.4, -0.2) is 38.4 Å². The Morgan fingerprint density at radius 2 is 2.00 bits per heavy atom. The number of hydrogen-bond donors (Lipinski definition) is 1. The van der Waals surface area contributed by atoms with Crippen LogP contribution in [0.3, 0.4) is 0 Å². The second kappa shape index (κ2) is 8.42. The van der Waals surface area contributed by atoms with E-state index in [2.05, 4.69) is 21.5 Å². The Hall–Kier alpha value is -2.25. The molecule has 0 saturated heterocycles. The number of carbonyl (C=O) groups excluding carboxylic acids is 2. The molecule has 1 heterocycles. The van der Waals surface area contributed by atoms with Crippen LogP contribution in [0.5, 0.6) is 0 Å². The van der Waals surface area contributed by atoms with Gasteiger partial charge in [0.2, 0.25) is 5.91 Å². The summed E-state index contributed by atoms with van der Waals surface area (Å²) in [4.78, 5) is 27.4. The lowest BCUT2D eigenvalue weighted by atomic mass is 10.0. The Morgan fingerprint density at radius 3 is 2.50 bits per heavy atom. The molecule has 0 fully saturated rings. The normalized spacial score (nSPS) is 12.3. The van der Waals surface area contributed by atoms with Gasteiger partial charge in [-0.2, -0.15) is 0 Å². The zero-order chi connectivity index (χ0) is 19.3. The third kappa shape index (κ3) is 5.12. The van der Waals surface area contributed by atoms with E-state index in [4.69, 9.17) is 11.6 Å². The maximum Gasteiger partial charge on any atom is 0.276 e. The molecule has 0 saturated carbocycles. The smallest absolute Gasteiger partial charge is 0.276 e. The Kier molecular flexibility index (Phi) is 6.50. The summed E-state index contributed by atoms with van der Waals surface area (Å²) in [7, 11) is 0. The van der Waals surface area contributed by atoms with Crippen molar-refractivity contribution in [3.63, 3.8) is 0 Å². The first kappa shape index (κ1) is 20.1. The number of rotatable bonds is 6. The lowest BCUT2D eigenvalue weighted by Gasteiger charge is -2.32. The number of carbonyl (C=O) groups is 2. The average Bonchev–Trinajstić information content (AvgIpc) is 3.08. The summed E-state index contributed by atoms with van der Waals surface area (Å²) in [6.07, 6.45) is 1.57. The molecule has 0 aliphatic heterocycles. The van der Waals surface area contributed by atoms with Crippen molar-refractivity contribution in [2.45, 2.75) is 32.4 Å². The van der Waals surface area contributed by atoms with Gasteiger partial charge in [0, 0.05) is 22.5 Å². The fraction of sp³-hybridized carbons (Fsp3) is 0.333. The minimum Gasteiger partial charge on any atom is -0.349 e. The molecule has 0 radical (unpaired) electrons. The average molecular weight is 393 g/mol. The molecule has 0 bridgehead atoms. The lowest BCUT2D eigenvalue weighted by molar-refractivity contribution is -0.127. The van der Waals surface area contributed by atoms with Gasteiger partial charge < -0.3 is 10.2 Å². The van der Waals surface area contributed by atoms with Gasteiger partial charge in [-0.15, -0.1) is 11.7 Å². The van der Waals surface area contributed by atoms with Crippen molar-refractivity contribution in [3.8, 4) is 0 Å². The molecule has 8 heteroatoms. The molecule has 1 aromatic heterocycles. The minimum absolute atomic E-state index is 0.182. The van der Waals surface area contributed by atoms with Crippen molar-refractivity contribution in [3.05, 3.63) is 58.6 Å². The molecule has 2 aromatic rings. The molecule has 26 heavy (non-hydrogen) atoms. The van der Waals surface area contributed by atoms with E-state index < -0.39 is 11.6 Å². The van der Waals surface area contributed by atoms with Crippen LogP contribution in [0.1, 0.15) is 42.9 Å². The third-order valence-corrected chi connectivity index (χ3v) is 4.17. The van der Waals surface area contributed by atoms with Gasteiger partial charge in [-0.25, -0.2) is 0 Å². The monoisotopic (exact) mass is 392 g/mol. The summed E-state index contributed by atoms with van der Waals surface area (Å²) in [6, 6.07) is 6.00. The van der Waals surface area contributed by atoms with Crippen molar-refractivity contribution in [1.29, 1.82) is 0 Å². The maximum atomic E-state index is 13.0. The van der Waals surface area contributed by atoms with E-state index in [1.165, 1.54) is 4.90 Å². The largest absolute Gasteiger partial charge is 0.349 e. The van der Waals surface area contributed by atoms with Crippen molar-refractivity contribution >= 4 is 34.9 Å². The molecule has 138 valence electrons. The molecule has 2 amide bonds. The molecule has 6 nitrogen and oxygen atoms in total. The van der Waals surface area contributed by atoms with Crippen molar-refractivity contribution in [2.75, 3.05) is 6.54 Å². The van der Waals surface area contributed by atoms with Gasteiger partial charge in [0.05, 0.1) is 0 Å². The molecule has 1 N–H and O–H groups in total. The number of amides is 2. The van der Waals surface area contributed by atoms with Gasteiger partial charge in [0.1, 0.15) is 6.04 Å². The summed E-state index contributed by atoms with van der Waals surface area (Å²) in [5, 5.41) is 8.88. The van der Waals surface area contributed by atoms with Gasteiger partial charge in [0.15, 0.2) is 5.69 Å². The number of hydrogen-bond acceptors (Lipinski definition) is 5. The van der Waals surface area contributed by atoms with Crippen molar-refractivity contribution in [2.24, 2.45) is 0 Å². The standard InChI is InChI=1S/C18H21ClN4O2S/c1-5-10-23(17(25)14-11-26-22-21-14)15(16(24)20-18(2,3)4)12-6-8-13(19)9-7-12/h5-9,11,15H,1,10H2,2-4H3,(H,20,24)/t15-/m0/s1. The molecule has 0 spiro atoms. The highest BCUT2D eigenvalue weighted by Crippen LogP contribution is 2.25. The first-order chi connectivity index (χ1) is 12.2. The second-order valence-corrected chi connectivity index (χ2v) is 7.78. The summed E-state index contributed by atoms with van der Waals surface area (Å²) in [5.41, 5.74) is 0.390. The molecule has 0 aliphatic carbocycles. The van der Waals surface area contributed by atoms with E-state index >= 15 is 0 Å². The molecule has 1 atom stereocenters. The summed E-state index contributed by atoms with van der Waals surface area (Å²) >= 11 is 7.05. The predicted molar refractivity (Wildman–Crippen MR) is 103 cm³/mol. The van der Waals surface area contributed by atoms with E-state index in [1.54, 1.807) is 35.7 Å². The summed E-state index contributed by atoms with van der Waals surface area (Å²) < 4.78 is 3.73. The van der Waals surface area contributed by atoms with E-state index in [9.17, 15) is 9.59 Å². The first-order valence-electron chi connectivity index (χ1n) is 7.99. The Morgan fingerprint density at radius 1 is 1.35 bits per heavy atom. The van der Waals surface area contributed by atoms with E-state index in [1.807, 2.05) is 20.8 Å². The number of benzene rings is 1. The third-order valence-electron chi connectivity index (χ3n) is 3.41. The maximum absolute atomic E-state index is 13.0. The van der Waals surface area contributed by atoms with E-state index in [0.717, 1.165) is 11.5 Å². The van der Waals surface area contributed by atoms with Crippen LogP contribution in [0.4, 0.5) is 0 Å². The van der Waals surface area contributed by atoms with Crippen LogP contribution >= 0.6 is 23.1 Å². The van der Waals surface area contributed by atoms with E-state index in [-0.39, 0.29) is 24.1 Å². The van der Waals surface area contributed by atoms with Crippen LogP contribution in [0.25, 0.3) is 0 Å². The van der Waals surface area contributed by atoms with Crippen LogP contribution in [-0.2, 0) is 4.79 Å². The fourth-order valence-corrected chi connectivity index (χ4v) is 2.96. The van der Waals surface area contributed by atoms with Gasteiger partial charge in [0.25, 0.3) is 5.91 Å². The molecule has 0 aliphatic rings. The number of nitrogens with zero attached hydrogens (tertiary/aromatic N) is 3. The zero-order valence-corrected chi connectivity index (χ0v) is 16.5. The molecule has 1 aromatic carbocycles. The SMILES string of the molecule is C=CCN(C(=O)c1csnn1)[C@H](C(=O)NC(C)(C)C)c1ccc(Cl)cc1. The van der Waals surface area contributed by atoms with Gasteiger partial charge in [-0.05, 0) is 50.0 Å². The number of nitrogens with one attached hydrogen (secondary N) is 1. The lowest BCUT2D eigenvalue weighted by Crippen LogP contribution is -2.49. The highest BCUT2D eigenvalue weighted by atomic mass is 35.5. The second-order valence-electron chi connectivity index (χ2n) is 6.73. The topological polar surface area (TPSA) is 75.2 Å². The molecule has 0 unspecified atom stereocenters. The summed E-state index contributed by atoms with van der Waals surface area (Å²) in [5.74, 6) is -0.680. The quantitative estimate of drug-likeness (QED) is 0.763. The molecular weight excluding hydrogens is 372 g/mol. The van der Waals surface area contributed by atoms with Gasteiger partial charge in [-0.1, -0.05) is 34.3 Å². The van der Waals surface area contributed by atoms with Crippen LogP contribution in [0.15, 0.2) is 42.3 Å². The first-order valence-corrected chi connectivity index (χ1v) is 9.21. The van der Waals surface area contributed by atoms with E-state index in [0.29, 0.717) is 10.6 Å². The Labute approximate surface area is 162 Å². The van der Waals surface area contributed by atoms with Crippen LogP contribution in [0.2, 0.25) is 5.02 Å². The van der Waals surface area contributed by atoms with Crippen molar-refractivity contribution < 1.29 is 9.59 Å². The predicted octanol–water partition coefficient (Wildman–Crippen LogP) is 3.48. The highest BCUT2D eigenvalue weighted by Gasteiger charge is 2.33. The Bertz CT molecular complexity index is 769. The molecular formula is C18H21ClN4O2S. The summed E-state index contributed by atoms with van der Waals surface area (Å²) in [6.45, 7) is 9.54. The van der Waals surface area contributed by atoms with Gasteiger partial charge in [-0.3, -0.25) is 9.59 Å². The zero-order valence-electron chi connectivity index (χ0n) is 14.9. The highest BCUT2D eigenvalue weighted by molar-refractivity contribution is 7.03. The van der Waals surface area contributed by atoms with Crippen LogP contribution in [0, 0.1) is 0 Å². The Balaban J connectivity index is 2.47. The fourth-order valence-electron chi connectivity index (χ4n) is 2.41. The number of aromatic nitrogens is 2. The number of halogens is 1.